The third-order valence-electron chi connectivity index (χ3n) is 7.75. The maximum Gasteiger partial charge on any atom is 0.405 e. The van der Waals surface area contributed by atoms with Gasteiger partial charge in [0, 0.05) is 28.6 Å². The smallest absolute Gasteiger partial charge is 0.405 e. The van der Waals surface area contributed by atoms with Gasteiger partial charge in [0.2, 0.25) is 0 Å². The average molecular weight is 447 g/mol. The summed E-state index contributed by atoms with van der Waals surface area (Å²) in [7, 11) is 2.15. The van der Waals surface area contributed by atoms with Crippen LogP contribution in [0.25, 0.3) is 0 Å². The van der Waals surface area contributed by atoms with Crippen LogP contribution in [0.5, 0.6) is 11.5 Å². The van der Waals surface area contributed by atoms with Gasteiger partial charge in [-0.15, -0.1) is 0 Å². The van der Waals surface area contributed by atoms with Crippen molar-refractivity contribution in [2.24, 2.45) is 11.7 Å². The highest BCUT2D eigenvalue weighted by Gasteiger charge is 2.65. The maximum atomic E-state index is 12.9. The van der Waals surface area contributed by atoms with E-state index < -0.39 is 24.3 Å². The van der Waals surface area contributed by atoms with E-state index in [0.717, 1.165) is 24.9 Å². The standard InChI is InChI=1S/C25H25N3O5/c1-28-11-10-25-15-7-9-19(32-24(27)30)22(25)33-21-18(8-6-13(20(21)25)12-17(15)28)31-23(29)14-4-2-3-5-16(14)26/h2-9,15,17,19,22H,10-12,26H2,1H3,(H2,27,30)/t15-,17+,19-,22-,25-/m0/s1. The first-order valence-corrected chi connectivity index (χ1v) is 11.1. The number of nitrogens with zero attached hydrogens (tertiary/aromatic N) is 1. The second kappa shape index (κ2) is 6.99. The molecule has 2 aliphatic carbocycles. The Morgan fingerprint density at radius 1 is 1.18 bits per heavy atom. The summed E-state index contributed by atoms with van der Waals surface area (Å²) >= 11 is 0. The Morgan fingerprint density at radius 2 is 2.00 bits per heavy atom. The van der Waals surface area contributed by atoms with Crippen molar-refractivity contribution in [3.8, 4) is 11.5 Å². The van der Waals surface area contributed by atoms with Crippen LogP contribution in [-0.4, -0.2) is 48.8 Å². The zero-order chi connectivity index (χ0) is 22.9. The van der Waals surface area contributed by atoms with Crippen molar-refractivity contribution in [3.05, 3.63) is 65.2 Å². The first-order chi connectivity index (χ1) is 15.9. The number of likely N-dealkylation sites (N-methyl/N-ethyl adjacent to an activating group) is 1. The summed E-state index contributed by atoms with van der Waals surface area (Å²) in [4.78, 5) is 26.9. The van der Waals surface area contributed by atoms with Gasteiger partial charge in [-0.05, 0) is 56.3 Å². The Labute approximate surface area is 191 Å². The number of hydrogen-bond acceptors (Lipinski definition) is 7. The molecule has 8 heteroatoms. The second-order valence-corrected chi connectivity index (χ2v) is 9.30. The minimum absolute atomic E-state index is 0.193. The van der Waals surface area contributed by atoms with Crippen LogP contribution < -0.4 is 20.9 Å². The lowest BCUT2D eigenvalue weighted by Gasteiger charge is -2.56. The lowest BCUT2D eigenvalue weighted by atomic mass is 9.53. The fourth-order valence-electron chi connectivity index (χ4n) is 6.36. The number of piperidine rings is 1. The van der Waals surface area contributed by atoms with Crippen LogP contribution in [0.2, 0.25) is 0 Å². The minimum Gasteiger partial charge on any atom is -0.481 e. The predicted octanol–water partition coefficient (Wildman–Crippen LogP) is 2.40. The molecular weight excluding hydrogens is 422 g/mol. The van der Waals surface area contributed by atoms with E-state index in [9.17, 15) is 9.59 Å². The van der Waals surface area contributed by atoms with E-state index in [0.29, 0.717) is 28.8 Å². The number of primary amides is 1. The molecule has 4 aliphatic rings. The quantitative estimate of drug-likeness (QED) is 0.321. The minimum atomic E-state index is -0.842. The van der Waals surface area contributed by atoms with Gasteiger partial charge in [0.25, 0.3) is 0 Å². The van der Waals surface area contributed by atoms with Gasteiger partial charge in [-0.2, -0.15) is 0 Å². The van der Waals surface area contributed by atoms with E-state index in [1.807, 2.05) is 12.1 Å². The van der Waals surface area contributed by atoms with E-state index in [1.165, 1.54) is 5.56 Å². The molecule has 5 atom stereocenters. The molecule has 170 valence electrons. The highest BCUT2D eigenvalue weighted by Crippen LogP contribution is 2.62. The number of anilines is 1. The molecule has 0 saturated carbocycles. The van der Waals surface area contributed by atoms with Gasteiger partial charge in [0.1, 0.15) is 6.10 Å². The molecule has 1 fully saturated rings. The molecule has 2 aromatic rings. The molecular formula is C25H25N3O5. The molecule has 2 heterocycles. The fraction of sp³-hybridized carbons (Fsp3) is 0.360. The lowest BCUT2D eigenvalue weighted by molar-refractivity contribution is -0.0483. The van der Waals surface area contributed by atoms with Crippen molar-refractivity contribution in [1.29, 1.82) is 0 Å². The number of esters is 1. The van der Waals surface area contributed by atoms with E-state index in [2.05, 4.69) is 18.0 Å². The molecule has 1 saturated heterocycles. The van der Waals surface area contributed by atoms with Gasteiger partial charge in [0.05, 0.1) is 5.56 Å². The van der Waals surface area contributed by atoms with Crippen molar-refractivity contribution in [3.63, 3.8) is 0 Å². The number of nitrogen functional groups attached to an aromatic ring is 1. The van der Waals surface area contributed by atoms with Crippen LogP contribution in [0.3, 0.4) is 0 Å². The summed E-state index contributed by atoms with van der Waals surface area (Å²) in [6, 6.07) is 10.9. The van der Waals surface area contributed by atoms with Crippen LogP contribution in [0, 0.1) is 5.92 Å². The number of benzene rings is 2. The topological polar surface area (TPSA) is 117 Å². The van der Waals surface area contributed by atoms with Crippen molar-refractivity contribution < 1.29 is 23.8 Å². The molecule has 4 N–H and O–H groups in total. The molecule has 33 heavy (non-hydrogen) atoms. The summed E-state index contributed by atoms with van der Waals surface area (Å²) in [6.45, 7) is 0.890. The van der Waals surface area contributed by atoms with E-state index in [1.54, 1.807) is 30.3 Å². The van der Waals surface area contributed by atoms with Crippen molar-refractivity contribution in [2.45, 2.75) is 36.5 Å². The third kappa shape index (κ3) is 2.73. The third-order valence-corrected chi connectivity index (χ3v) is 7.75. The van der Waals surface area contributed by atoms with Gasteiger partial charge >= 0.3 is 12.1 Å². The first kappa shape index (κ1) is 20.1. The van der Waals surface area contributed by atoms with Crippen LogP contribution in [0.4, 0.5) is 10.5 Å². The van der Waals surface area contributed by atoms with Crippen LogP contribution in [0.1, 0.15) is 27.9 Å². The lowest BCUT2D eigenvalue weighted by Crippen LogP contribution is -2.65. The van der Waals surface area contributed by atoms with Gasteiger partial charge < -0.3 is 30.6 Å². The number of carbonyl (C=O) groups is 2. The molecule has 0 aromatic heterocycles. The Balaban J connectivity index is 1.46. The van der Waals surface area contributed by atoms with Gasteiger partial charge in [0.15, 0.2) is 17.6 Å². The van der Waals surface area contributed by atoms with E-state index in [-0.39, 0.29) is 11.3 Å². The van der Waals surface area contributed by atoms with E-state index >= 15 is 0 Å². The number of hydrogen-bond donors (Lipinski definition) is 2. The Bertz CT molecular complexity index is 1210. The highest BCUT2D eigenvalue weighted by atomic mass is 16.6. The number of likely N-dealkylation sites (tertiary alicyclic amines) is 1. The molecule has 0 unspecified atom stereocenters. The Morgan fingerprint density at radius 3 is 2.79 bits per heavy atom. The fourth-order valence-corrected chi connectivity index (χ4v) is 6.36. The monoisotopic (exact) mass is 447 g/mol. The number of ether oxygens (including phenoxy) is 3. The molecule has 2 aromatic carbocycles. The number of nitrogens with two attached hydrogens (primary N) is 2. The van der Waals surface area contributed by atoms with Gasteiger partial charge in [-0.3, -0.25) is 0 Å². The summed E-state index contributed by atoms with van der Waals surface area (Å²) in [5.74, 6) is 0.547. The first-order valence-electron chi connectivity index (χ1n) is 11.1. The zero-order valence-corrected chi connectivity index (χ0v) is 18.2. The second-order valence-electron chi connectivity index (χ2n) is 9.30. The Kier molecular flexibility index (Phi) is 4.26. The van der Waals surface area contributed by atoms with Crippen LogP contribution in [-0.2, 0) is 16.6 Å². The largest absolute Gasteiger partial charge is 0.481 e. The highest BCUT2D eigenvalue weighted by molar-refractivity contribution is 5.96. The molecule has 2 bridgehead atoms. The predicted molar refractivity (Wildman–Crippen MR) is 120 cm³/mol. The van der Waals surface area contributed by atoms with Gasteiger partial charge in [-0.25, -0.2) is 9.59 Å². The van der Waals surface area contributed by atoms with Crippen molar-refractivity contribution >= 4 is 17.7 Å². The van der Waals surface area contributed by atoms with Crippen LogP contribution in [0.15, 0.2) is 48.6 Å². The molecule has 6 rings (SSSR count). The SMILES string of the molecule is CN1CC[C@]23c4c5ccc(OC(=O)c6ccccc6N)c4O[C@H]2[C@@H](OC(N)=O)C=C[C@H]3[C@H]1C5. The summed E-state index contributed by atoms with van der Waals surface area (Å²) in [5.41, 5.74) is 13.9. The molecule has 0 radical (unpaired) electrons. The normalized spacial score (nSPS) is 30.8. The van der Waals surface area contributed by atoms with Crippen molar-refractivity contribution in [1.82, 2.24) is 4.90 Å². The van der Waals surface area contributed by atoms with Gasteiger partial charge in [-0.1, -0.05) is 24.3 Å². The molecule has 2 aliphatic heterocycles. The summed E-state index contributed by atoms with van der Waals surface area (Å²) in [5, 5.41) is 0. The number of rotatable bonds is 3. The van der Waals surface area contributed by atoms with Crippen LogP contribution >= 0.6 is 0 Å². The zero-order valence-electron chi connectivity index (χ0n) is 18.2. The molecule has 8 nitrogen and oxygen atoms in total. The number of para-hydroxylation sites is 1. The van der Waals surface area contributed by atoms with Crippen molar-refractivity contribution in [2.75, 3.05) is 19.3 Å². The number of amides is 1. The Hall–Kier alpha value is -3.52. The molecule has 1 amide bonds. The number of carbonyl (C=O) groups excluding carboxylic acids is 2. The molecule has 1 spiro atoms. The maximum absolute atomic E-state index is 12.9. The summed E-state index contributed by atoms with van der Waals surface area (Å²) in [6.07, 6.45) is 3.84. The summed E-state index contributed by atoms with van der Waals surface area (Å²) < 4.78 is 17.8. The van der Waals surface area contributed by atoms with E-state index in [4.69, 9.17) is 25.7 Å². The average Bonchev–Trinajstić information content (AvgIpc) is 3.14.